The van der Waals surface area contributed by atoms with Gasteiger partial charge in [0.2, 0.25) is 0 Å². The Bertz CT molecular complexity index is 1220. The van der Waals surface area contributed by atoms with Crippen molar-refractivity contribution in [1.29, 1.82) is 0 Å². The second kappa shape index (κ2) is 8.41. The van der Waals surface area contributed by atoms with Crippen molar-refractivity contribution in [1.82, 2.24) is 25.1 Å². The highest BCUT2D eigenvalue weighted by atomic mass is 16.5. The Morgan fingerprint density at radius 2 is 1.97 bits per heavy atom. The maximum absolute atomic E-state index is 12.5. The fourth-order valence-electron chi connectivity index (χ4n) is 3.44. The lowest BCUT2D eigenvalue weighted by Gasteiger charge is -2.27. The monoisotopic (exact) mass is 415 g/mol. The van der Waals surface area contributed by atoms with E-state index in [1.807, 2.05) is 48.5 Å². The number of nitrogens with one attached hydrogen (secondary N) is 3. The van der Waals surface area contributed by atoms with Gasteiger partial charge in [-0.25, -0.2) is 14.8 Å². The molecule has 3 N–H and O–H groups in total. The number of aromatic amines is 1. The number of morpholine rings is 1. The average Bonchev–Trinajstić information content (AvgIpc) is 3.28. The van der Waals surface area contributed by atoms with Crippen LogP contribution in [0.1, 0.15) is 0 Å². The summed E-state index contributed by atoms with van der Waals surface area (Å²) in [4.78, 5) is 23.2. The van der Waals surface area contributed by atoms with Crippen LogP contribution in [0, 0.1) is 0 Å². The van der Waals surface area contributed by atoms with Crippen LogP contribution in [-0.2, 0) is 4.74 Å². The van der Waals surface area contributed by atoms with Crippen LogP contribution in [0.4, 0.5) is 22.0 Å². The lowest BCUT2D eigenvalue weighted by molar-refractivity contribution is 0.0564. The quantitative estimate of drug-likeness (QED) is 0.470. The molecule has 2 aromatic heterocycles. The Morgan fingerprint density at radius 1 is 1.06 bits per heavy atom. The van der Waals surface area contributed by atoms with Gasteiger partial charge in [0.1, 0.15) is 5.82 Å². The Hall–Kier alpha value is -3.98. The van der Waals surface area contributed by atoms with Gasteiger partial charge in [-0.2, -0.15) is 5.10 Å². The minimum atomic E-state index is -0.133. The molecule has 31 heavy (non-hydrogen) atoms. The van der Waals surface area contributed by atoms with Crippen LogP contribution in [-0.4, -0.2) is 57.4 Å². The molecule has 0 radical (unpaired) electrons. The van der Waals surface area contributed by atoms with Crippen LogP contribution in [0.2, 0.25) is 0 Å². The van der Waals surface area contributed by atoms with Crippen molar-refractivity contribution in [3.05, 3.63) is 60.9 Å². The van der Waals surface area contributed by atoms with Crippen LogP contribution >= 0.6 is 0 Å². The third-order valence-electron chi connectivity index (χ3n) is 5.04. The van der Waals surface area contributed by atoms with E-state index in [1.165, 1.54) is 0 Å². The largest absolute Gasteiger partial charge is 0.378 e. The van der Waals surface area contributed by atoms with E-state index in [4.69, 9.17) is 4.74 Å². The molecule has 9 nitrogen and oxygen atoms in total. The molecule has 1 saturated heterocycles. The smallest absolute Gasteiger partial charge is 0.321 e. The van der Waals surface area contributed by atoms with Gasteiger partial charge < -0.3 is 20.3 Å². The SMILES string of the molecule is O=C(Nc1cccc(-c2nccc(Nc3ccc4[nH]ncc4c3)n2)c1)N1CCOCC1. The second-order valence-corrected chi connectivity index (χ2v) is 7.17. The highest BCUT2D eigenvalue weighted by Gasteiger charge is 2.17. The average molecular weight is 415 g/mol. The van der Waals surface area contributed by atoms with E-state index in [0.29, 0.717) is 43.6 Å². The Kier molecular flexibility index (Phi) is 5.16. The highest BCUT2D eigenvalue weighted by Crippen LogP contribution is 2.23. The number of carbonyl (C=O) groups is 1. The van der Waals surface area contributed by atoms with Gasteiger partial charge in [0.05, 0.1) is 24.9 Å². The summed E-state index contributed by atoms with van der Waals surface area (Å²) >= 11 is 0. The Balaban J connectivity index is 1.33. The molecule has 156 valence electrons. The summed E-state index contributed by atoms with van der Waals surface area (Å²) in [6.45, 7) is 2.31. The number of fused-ring (bicyclic) bond motifs is 1. The first-order valence-corrected chi connectivity index (χ1v) is 10.0. The van der Waals surface area contributed by atoms with Crippen LogP contribution in [0.25, 0.3) is 22.3 Å². The minimum absolute atomic E-state index is 0.133. The second-order valence-electron chi connectivity index (χ2n) is 7.17. The number of hydrogen-bond acceptors (Lipinski definition) is 6. The standard InChI is InChI=1S/C22H21N7O2/c30-22(29-8-10-31-11-9-29)26-17-3-1-2-15(12-17)21-23-7-6-20(27-21)25-18-4-5-19-16(13-18)14-24-28-19/h1-7,12-14H,8-11H2,(H,24,28)(H,26,30)(H,23,25,27). The summed E-state index contributed by atoms with van der Waals surface area (Å²) in [6.07, 6.45) is 3.49. The molecule has 1 aliphatic heterocycles. The number of hydrogen-bond donors (Lipinski definition) is 3. The highest BCUT2D eigenvalue weighted by molar-refractivity contribution is 5.90. The maximum Gasteiger partial charge on any atom is 0.321 e. The summed E-state index contributed by atoms with van der Waals surface area (Å²) in [5.41, 5.74) is 3.39. The number of benzene rings is 2. The summed E-state index contributed by atoms with van der Waals surface area (Å²) in [5.74, 6) is 1.24. The number of H-pyrrole nitrogens is 1. The molecule has 3 heterocycles. The predicted molar refractivity (Wildman–Crippen MR) is 118 cm³/mol. The predicted octanol–water partition coefficient (Wildman–Crippen LogP) is 3.63. The Labute approximate surface area is 178 Å². The summed E-state index contributed by atoms with van der Waals surface area (Å²) in [7, 11) is 0. The zero-order valence-electron chi connectivity index (χ0n) is 16.7. The molecule has 0 spiro atoms. The topological polar surface area (TPSA) is 108 Å². The molecule has 4 aromatic rings. The lowest BCUT2D eigenvalue weighted by atomic mass is 10.2. The number of aromatic nitrogens is 4. The van der Waals surface area contributed by atoms with Gasteiger partial charge in [0, 0.05) is 41.6 Å². The van der Waals surface area contributed by atoms with Crippen molar-refractivity contribution in [2.45, 2.75) is 0 Å². The third-order valence-corrected chi connectivity index (χ3v) is 5.04. The van der Waals surface area contributed by atoms with E-state index < -0.39 is 0 Å². The molecule has 0 aliphatic carbocycles. The summed E-state index contributed by atoms with van der Waals surface area (Å²) < 4.78 is 5.30. The van der Waals surface area contributed by atoms with Crippen LogP contribution in [0.3, 0.4) is 0 Å². The molecule has 5 rings (SSSR count). The van der Waals surface area contributed by atoms with Crippen LogP contribution in [0.5, 0.6) is 0 Å². The molecule has 0 bridgehead atoms. The molecule has 1 fully saturated rings. The minimum Gasteiger partial charge on any atom is -0.378 e. The van der Waals surface area contributed by atoms with Crippen LogP contribution < -0.4 is 10.6 Å². The third kappa shape index (κ3) is 4.31. The molecule has 0 atom stereocenters. The van der Waals surface area contributed by atoms with Gasteiger partial charge in [-0.15, -0.1) is 0 Å². The van der Waals surface area contributed by atoms with Crippen molar-refractivity contribution in [3.63, 3.8) is 0 Å². The maximum atomic E-state index is 12.5. The first kappa shape index (κ1) is 19.0. The van der Waals surface area contributed by atoms with Crippen molar-refractivity contribution in [3.8, 4) is 11.4 Å². The van der Waals surface area contributed by atoms with Gasteiger partial charge >= 0.3 is 6.03 Å². The van der Waals surface area contributed by atoms with Crippen molar-refractivity contribution in [2.24, 2.45) is 0 Å². The van der Waals surface area contributed by atoms with Crippen molar-refractivity contribution >= 4 is 34.1 Å². The van der Waals surface area contributed by atoms with Crippen molar-refractivity contribution in [2.75, 3.05) is 36.9 Å². The summed E-state index contributed by atoms with van der Waals surface area (Å²) in [6, 6.07) is 15.1. The first-order valence-electron chi connectivity index (χ1n) is 10.0. The van der Waals surface area contributed by atoms with Gasteiger partial charge in [0.25, 0.3) is 0 Å². The first-order chi connectivity index (χ1) is 15.2. The lowest BCUT2D eigenvalue weighted by Crippen LogP contribution is -2.43. The van der Waals surface area contributed by atoms with E-state index >= 15 is 0 Å². The number of amides is 2. The molecule has 1 aliphatic rings. The molecular weight excluding hydrogens is 394 g/mol. The molecular formula is C22H21N7O2. The van der Waals surface area contributed by atoms with Gasteiger partial charge in [-0.1, -0.05) is 12.1 Å². The number of urea groups is 1. The number of nitrogens with zero attached hydrogens (tertiary/aromatic N) is 4. The molecule has 9 heteroatoms. The van der Waals surface area contributed by atoms with Gasteiger partial charge in [-0.05, 0) is 36.4 Å². The van der Waals surface area contributed by atoms with Crippen molar-refractivity contribution < 1.29 is 9.53 Å². The zero-order valence-corrected chi connectivity index (χ0v) is 16.7. The van der Waals surface area contributed by atoms with E-state index in [-0.39, 0.29) is 6.03 Å². The van der Waals surface area contributed by atoms with E-state index in [1.54, 1.807) is 17.3 Å². The molecule has 0 unspecified atom stereocenters. The summed E-state index contributed by atoms with van der Waals surface area (Å²) in [5, 5.41) is 14.2. The van der Waals surface area contributed by atoms with E-state index in [9.17, 15) is 4.79 Å². The van der Waals surface area contributed by atoms with Gasteiger partial charge in [-0.3, -0.25) is 5.10 Å². The Morgan fingerprint density at radius 3 is 2.87 bits per heavy atom. The molecule has 0 saturated carbocycles. The van der Waals surface area contributed by atoms with Crippen LogP contribution in [0.15, 0.2) is 60.9 Å². The van der Waals surface area contributed by atoms with Gasteiger partial charge in [0.15, 0.2) is 5.82 Å². The molecule has 2 amide bonds. The van der Waals surface area contributed by atoms with E-state index in [2.05, 4.69) is 30.8 Å². The fourth-order valence-corrected chi connectivity index (χ4v) is 3.44. The normalized spacial score (nSPS) is 13.9. The number of anilines is 3. The number of carbonyl (C=O) groups excluding carboxylic acids is 1. The van der Waals surface area contributed by atoms with E-state index in [0.717, 1.165) is 22.2 Å². The molecule has 2 aromatic carbocycles. The number of ether oxygens (including phenoxy) is 1. The number of rotatable bonds is 4. The zero-order chi connectivity index (χ0) is 21.0. The fraction of sp³-hybridized carbons (Fsp3) is 0.182.